The van der Waals surface area contributed by atoms with Gasteiger partial charge >= 0.3 is 0 Å². The first-order valence-corrected chi connectivity index (χ1v) is 5.22. The number of benzene rings is 1. The predicted octanol–water partition coefficient (Wildman–Crippen LogP) is 3.84. The second-order valence-electron chi connectivity index (χ2n) is 4.35. The van der Waals surface area contributed by atoms with Crippen LogP contribution in [0, 0.1) is 10.1 Å². The Hall–Kier alpha value is -1.38. The molecule has 0 radical (unpaired) electrons. The van der Waals surface area contributed by atoms with Crippen LogP contribution in [-0.2, 0) is 0 Å². The van der Waals surface area contributed by atoms with Crippen molar-refractivity contribution in [1.29, 1.82) is 0 Å². The lowest BCUT2D eigenvalue weighted by molar-refractivity contribution is -0.385. The van der Waals surface area contributed by atoms with E-state index in [0.29, 0.717) is 5.92 Å². The molecule has 0 saturated carbocycles. The molecule has 0 fully saturated rings. The number of nitrogens with zero attached hydrogens (tertiary/aromatic N) is 1. The normalized spacial score (nSPS) is 11.1. The molecule has 0 spiro atoms. The number of nitro groups is 1. The van der Waals surface area contributed by atoms with E-state index in [1.165, 1.54) is 0 Å². The first-order valence-electron chi connectivity index (χ1n) is 5.22. The zero-order chi connectivity index (χ0) is 11.6. The monoisotopic (exact) mass is 207 g/mol. The second-order valence-corrected chi connectivity index (χ2v) is 4.35. The van der Waals surface area contributed by atoms with Crippen molar-refractivity contribution in [2.24, 2.45) is 0 Å². The molecule has 0 amide bonds. The van der Waals surface area contributed by atoms with Gasteiger partial charge in [0.25, 0.3) is 5.69 Å². The maximum atomic E-state index is 10.9. The molecule has 0 unspecified atom stereocenters. The van der Waals surface area contributed by atoms with E-state index in [1.54, 1.807) is 12.1 Å². The van der Waals surface area contributed by atoms with Gasteiger partial charge in [-0.2, -0.15) is 0 Å². The van der Waals surface area contributed by atoms with E-state index in [1.807, 2.05) is 19.9 Å². The molecule has 0 saturated heterocycles. The first-order chi connectivity index (χ1) is 6.95. The molecule has 1 aromatic rings. The van der Waals surface area contributed by atoms with E-state index in [4.69, 9.17) is 0 Å². The van der Waals surface area contributed by atoms with Gasteiger partial charge in [-0.1, -0.05) is 39.8 Å². The van der Waals surface area contributed by atoms with Crippen LogP contribution in [0.5, 0.6) is 0 Å². The Labute approximate surface area is 90.3 Å². The number of hydrogen-bond acceptors (Lipinski definition) is 2. The molecular formula is C12H17NO2. The summed E-state index contributed by atoms with van der Waals surface area (Å²) in [6.07, 6.45) is 0. The SMILES string of the molecule is CC(C)c1cccc([N+](=O)[O-])c1C(C)C. The van der Waals surface area contributed by atoms with Crippen LogP contribution in [0.4, 0.5) is 5.69 Å². The third kappa shape index (κ3) is 2.35. The molecule has 0 atom stereocenters. The van der Waals surface area contributed by atoms with Gasteiger partial charge < -0.3 is 0 Å². The van der Waals surface area contributed by atoms with Crippen molar-refractivity contribution in [1.82, 2.24) is 0 Å². The van der Waals surface area contributed by atoms with Gasteiger partial charge in [0.15, 0.2) is 0 Å². The summed E-state index contributed by atoms with van der Waals surface area (Å²) < 4.78 is 0. The van der Waals surface area contributed by atoms with Crippen molar-refractivity contribution in [3.8, 4) is 0 Å². The molecule has 15 heavy (non-hydrogen) atoms. The van der Waals surface area contributed by atoms with E-state index in [-0.39, 0.29) is 16.5 Å². The van der Waals surface area contributed by atoms with Crippen LogP contribution >= 0.6 is 0 Å². The topological polar surface area (TPSA) is 43.1 Å². The fourth-order valence-electron chi connectivity index (χ4n) is 1.86. The quantitative estimate of drug-likeness (QED) is 0.558. The van der Waals surface area contributed by atoms with Crippen LogP contribution in [0.3, 0.4) is 0 Å². The molecule has 0 aliphatic rings. The largest absolute Gasteiger partial charge is 0.273 e. The molecule has 0 bridgehead atoms. The van der Waals surface area contributed by atoms with E-state index in [0.717, 1.165) is 11.1 Å². The lowest BCUT2D eigenvalue weighted by Crippen LogP contribution is -2.03. The summed E-state index contributed by atoms with van der Waals surface area (Å²) >= 11 is 0. The van der Waals surface area contributed by atoms with Crippen LogP contribution < -0.4 is 0 Å². The smallest absolute Gasteiger partial charge is 0.258 e. The Kier molecular flexibility index (Phi) is 3.45. The maximum Gasteiger partial charge on any atom is 0.273 e. The molecule has 3 nitrogen and oxygen atoms in total. The summed E-state index contributed by atoms with van der Waals surface area (Å²) in [5, 5.41) is 10.9. The van der Waals surface area contributed by atoms with Crippen LogP contribution in [0.25, 0.3) is 0 Å². The summed E-state index contributed by atoms with van der Waals surface area (Å²) in [4.78, 5) is 10.6. The zero-order valence-electron chi connectivity index (χ0n) is 9.65. The minimum absolute atomic E-state index is 0.184. The van der Waals surface area contributed by atoms with Gasteiger partial charge in [-0.3, -0.25) is 10.1 Å². The standard InChI is InChI=1S/C12H17NO2/c1-8(2)10-6-5-7-11(13(14)15)12(10)9(3)4/h5-9H,1-4H3. The summed E-state index contributed by atoms with van der Waals surface area (Å²) in [5.74, 6) is 0.506. The lowest BCUT2D eigenvalue weighted by Gasteiger charge is -2.15. The predicted molar refractivity (Wildman–Crippen MR) is 61.3 cm³/mol. The van der Waals surface area contributed by atoms with Gasteiger partial charge in [0.1, 0.15) is 0 Å². The Morgan fingerprint density at radius 3 is 2.13 bits per heavy atom. The Bertz CT molecular complexity index is 370. The average Bonchev–Trinajstić information content (AvgIpc) is 2.16. The van der Waals surface area contributed by atoms with Gasteiger partial charge in [0.05, 0.1) is 4.92 Å². The van der Waals surface area contributed by atoms with Gasteiger partial charge in [-0.25, -0.2) is 0 Å². The van der Waals surface area contributed by atoms with Crippen molar-refractivity contribution in [3.63, 3.8) is 0 Å². The third-order valence-electron chi connectivity index (χ3n) is 2.51. The van der Waals surface area contributed by atoms with Gasteiger partial charge in [0.2, 0.25) is 0 Å². The van der Waals surface area contributed by atoms with Crippen LogP contribution in [0.15, 0.2) is 18.2 Å². The Morgan fingerprint density at radius 1 is 1.13 bits per heavy atom. The Morgan fingerprint density at radius 2 is 1.73 bits per heavy atom. The molecule has 0 aliphatic carbocycles. The highest BCUT2D eigenvalue weighted by molar-refractivity contribution is 5.48. The summed E-state index contributed by atoms with van der Waals surface area (Å²) in [7, 11) is 0. The van der Waals surface area contributed by atoms with Gasteiger partial charge in [-0.05, 0) is 17.4 Å². The first kappa shape index (κ1) is 11.7. The van der Waals surface area contributed by atoms with Crippen LogP contribution in [0.1, 0.15) is 50.7 Å². The minimum atomic E-state index is -0.290. The summed E-state index contributed by atoms with van der Waals surface area (Å²) in [5.41, 5.74) is 2.20. The maximum absolute atomic E-state index is 10.9. The molecule has 82 valence electrons. The summed E-state index contributed by atoms with van der Waals surface area (Å²) in [6.45, 7) is 8.11. The van der Waals surface area contributed by atoms with Crippen molar-refractivity contribution in [2.45, 2.75) is 39.5 Å². The van der Waals surface area contributed by atoms with Gasteiger partial charge in [0, 0.05) is 11.6 Å². The number of nitro benzene ring substituents is 1. The summed E-state index contributed by atoms with van der Waals surface area (Å²) in [6, 6.07) is 5.33. The molecule has 0 aromatic heterocycles. The van der Waals surface area contributed by atoms with E-state index >= 15 is 0 Å². The fraction of sp³-hybridized carbons (Fsp3) is 0.500. The highest BCUT2D eigenvalue weighted by atomic mass is 16.6. The van der Waals surface area contributed by atoms with Crippen molar-refractivity contribution in [2.75, 3.05) is 0 Å². The van der Waals surface area contributed by atoms with Gasteiger partial charge in [-0.15, -0.1) is 0 Å². The molecule has 0 N–H and O–H groups in total. The van der Waals surface area contributed by atoms with Crippen molar-refractivity contribution < 1.29 is 4.92 Å². The van der Waals surface area contributed by atoms with Crippen molar-refractivity contribution in [3.05, 3.63) is 39.4 Å². The van der Waals surface area contributed by atoms with Crippen molar-refractivity contribution >= 4 is 5.69 Å². The minimum Gasteiger partial charge on any atom is -0.258 e. The molecule has 1 rings (SSSR count). The van der Waals surface area contributed by atoms with E-state index < -0.39 is 0 Å². The zero-order valence-corrected chi connectivity index (χ0v) is 9.65. The molecule has 1 aromatic carbocycles. The molecule has 0 heterocycles. The molecule has 3 heteroatoms. The third-order valence-corrected chi connectivity index (χ3v) is 2.51. The van der Waals surface area contributed by atoms with E-state index in [2.05, 4.69) is 13.8 Å². The molecular weight excluding hydrogens is 190 g/mol. The lowest BCUT2D eigenvalue weighted by atomic mass is 9.89. The Balaban J connectivity index is 3.42. The van der Waals surface area contributed by atoms with E-state index in [9.17, 15) is 10.1 Å². The average molecular weight is 207 g/mol. The fourth-order valence-corrected chi connectivity index (χ4v) is 1.86. The highest BCUT2D eigenvalue weighted by Crippen LogP contribution is 2.33. The molecule has 0 aliphatic heterocycles. The van der Waals surface area contributed by atoms with Crippen LogP contribution in [-0.4, -0.2) is 4.92 Å². The highest BCUT2D eigenvalue weighted by Gasteiger charge is 2.20. The number of rotatable bonds is 3. The second kappa shape index (κ2) is 4.43. The number of hydrogen-bond donors (Lipinski definition) is 0. The van der Waals surface area contributed by atoms with Crippen LogP contribution in [0.2, 0.25) is 0 Å².